The van der Waals surface area contributed by atoms with Crippen molar-refractivity contribution in [2.75, 3.05) is 26.0 Å². The van der Waals surface area contributed by atoms with Gasteiger partial charge in [-0.1, -0.05) is 6.07 Å². The molecule has 0 saturated carbocycles. The third-order valence-corrected chi connectivity index (χ3v) is 4.24. The van der Waals surface area contributed by atoms with Crippen molar-refractivity contribution in [2.45, 2.75) is 45.6 Å². The lowest BCUT2D eigenvalue weighted by Crippen LogP contribution is -2.38. The lowest BCUT2D eigenvalue weighted by Gasteiger charge is -2.13. The van der Waals surface area contributed by atoms with Gasteiger partial charge in [0.15, 0.2) is 15.8 Å². The van der Waals surface area contributed by atoms with Crippen LogP contribution in [0, 0.1) is 5.82 Å². The van der Waals surface area contributed by atoms with Gasteiger partial charge >= 0.3 is 0 Å². The molecule has 1 aromatic rings. The highest BCUT2D eigenvalue weighted by Crippen LogP contribution is 2.15. The fourth-order valence-corrected chi connectivity index (χ4v) is 3.12. The van der Waals surface area contributed by atoms with E-state index in [1.807, 2.05) is 20.8 Å². The molecular weight excluding hydrogens is 484 g/mol. The Hall–Kier alpha value is -0.940. The van der Waals surface area contributed by atoms with Gasteiger partial charge in [-0.3, -0.25) is 0 Å². The normalized spacial score (nSPS) is 12.0. The quantitative estimate of drug-likeness (QED) is 0.217. The number of benzene rings is 1. The first-order chi connectivity index (χ1) is 12.2. The average molecular weight is 515 g/mol. The molecule has 0 fully saturated rings. The minimum Gasteiger partial charge on any atom is -0.379 e. The van der Waals surface area contributed by atoms with Crippen molar-refractivity contribution in [1.82, 2.24) is 10.6 Å². The van der Waals surface area contributed by atoms with Gasteiger partial charge in [-0.2, -0.15) is 0 Å². The zero-order chi connectivity index (χ0) is 19.6. The van der Waals surface area contributed by atoms with Crippen molar-refractivity contribution in [3.63, 3.8) is 0 Å². The van der Waals surface area contributed by atoms with E-state index in [0.29, 0.717) is 36.8 Å². The summed E-state index contributed by atoms with van der Waals surface area (Å²) < 4.78 is 42.2. The minimum absolute atomic E-state index is 0. The molecule has 0 aliphatic carbocycles. The van der Waals surface area contributed by atoms with E-state index in [2.05, 4.69) is 15.6 Å². The molecule has 0 unspecified atom stereocenters. The summed E-state index contributed by atoms with van der Waals surface area (Å²) >= 11 is 0. The molecule has 0 radical (unpaired) electrons. The molecule has 0 atom stereocenters. The van der Waals surface area contributed by atoms with Gasteiger partial charge in [0.05, 0.1) is 18.4 Å². The minimum atomic E-state index is -3.20. The number of nitrogens with one attached hydrogen (secondary N) is 2. The molecule has 0 heterocycles. The lowest BCUT2D eigenvalue weighted by molar-refractivity contribution is 0.0776. The second-order valence-corrected chi connectivity index (χ2v) is 8.52. The summed E-state index contributed by atoms with van der Waals surface area (Å²) in [4.78, 5) is 4.44. The molecule has 0 saturated heterocycles. The maximum atomic E-state index is 13.6. The summed E-state index contributed by atoms with van der Waals surface area (Å²) in [6.07, 6.45) is 2.20. The molecular formula is C18H31FIN3O3S. The summed E-state index contributed by atoms with van der Waals surface area (Å²) in [6, 6.07) is 4.11. The predicted molar refractivity (Wildman–Crippen MR) is 119 cm³/mol. The monoisotopic (exact) mass is 515 g/mol. The number of rotatable bonds is 10. The number of hydrogen-bond acceptors (Lipinski definition) is 4. The molecule has 0 aliphatic rings. The van der Waals surface area contributed by atoms with Crippen molar-refractivity contribution < 1.29 is 17.5 Å². The Labute approximate surface area is 179 Å². The SMILES string of the molecule is CCNC(=NCc1cc(F)ccc1CS(C)(=O)=O)NCCCOC(C)C.I. The third kappa shape index (κ3) is 12.2. The average Bonchev–Trinajstić information content (AvgIpc) is 2.52. The maximum Gasteiger partial charge on any atom is 0.191 e. The van der Waals surface area contributed by atoms with E-state index in [1.54, 1.807) is 0 Å². The van der Waals surface area contributed by atoms with Gasteiger partial charge in [-0.05, 0) is 50.5 Å². The Morgan fingerprint density at radius 1 is 1.26 bits per heavy atom. The Kier molecular flexibility index (Phi) is 12.8. The van der Waals surface area contributed by atoms with Crippen LogP contribution in [0.2, 0.25) is 0 Å². The van der Waals surface area contributed by atoms with Crippen LogP contribution in [0.1, 0.15) is 38.3 Å². The Balaban J connectivity index is 0.00000676. The van der Waals surface area contributed by atoms with Gasteiger partial charge in [0.25, 0.3) is 0 Å². The number of halogens is 2. The van der Waals surface area contributed by atoms with Crippen molar-refractivity contribution >= 4 is 39.8 Å². The highest BCUT2D eigenvalue weighted by Gasteiger charge is 2.10. The summed E-state index contributed by atoms with van der Waals surface area (Å²) in [5.41, 5.74) is 1.13. The molecule has 0 spiro atoms. The first-order valence-corrected chi connectivity index (χ1v) is 10.9. The number of hydrogen-bond donors (Lipinski definition) is 2. The van der Waals surface area contributed by atoms with E-state index in [-0.39, 0.29) is 42.4 Å². The molecule has 156 valence electrons. The van der Waals surface area contributed by atoms with Crippen LogP contribution in [-0.2, 0) is 26.9 Å². The topological polar surface area (TPSA) is 79.8 Å². The van der Waals surface area contributed by atoms with Gasteiger partial charge < -0.3 is 15.4 Å². The summed E-state index contributed by atoms with van der Waals surface area (Å²) in [6.45, 7) is 8.17. The van der Waals surface area contributed by atoms with E-state index < -0.39 is 15.7 Å². The van der Waals surface area contributed by atoms with Gasteiger partial charge in [0, 0.05) is 26.0 Å². The lowest BCUT2D eigenvalue weighted by atomic mass is 10.1. The predicted octanol–water partition coefficient (Wildman–Crippen LogP) is 2.86. The highest BCUT2D eigenvalue weighted by atomic mass is 127. The summed E-state index contributed by atoms with van der Waals surface area (Å²) in [5.74, 6) is 0.0668. The molecule has 6 nitrogen and oxygen atoms in total. The van der Waals surface area contributed by atoms with Crippen LogP contribution in [0.25, 0.3) is 0 Å². The fraction of sp³-hybridized carbons (Fsp3) is 0.611. The molecule has 0 bridgehead atoms. The second kappa shape index (κ2) is 13.3. The van der Waals surface area contributed by atoms with E-state index in [0.717, 1.165) is 12.7 Å². The van der Waals surface area contributed by atoms with Crippen LogP contribution in [0.3, 0.4) is 0 Å². The van der Waals surface area contributed by atoms with Crippen molar-refractivity contribution in [3.8, 4) is 0 Å². The van der Waals surface area contributed by atoms with E-state index >= 15 is 0 Å². The highest BCUT2D eigenvalue weighted by molar-refractivity contribution is 14.0. The van der Waals surface area contributed by atoms with E-state index in [9.17, 15) is 12.8 Å². The van der Waals surface area contributed by atoms with Gasteiger partial charge in [0.2, 0.25) is 0 Å². The van der Waals surface area contributed by atoms with Crippen LogP contribution in [0.15, 0.2) is 23.2 Å². The molecule has 1 aromatic carbocycles. The number of sulfone groups is 1. The van der Waals surface area contributed by atoms with Gasteiger partial charge in [-0.25, -0.2) is 17.8 Å². The van der Waals surface area contributed by atoms with Crippen molar-refractivity contribution in [3.05, 3.63) is 35.1 Å². The number of nitrogens with zero attached hydrogens (tertiary/aromatic N) is 1. The number of guanidine groups is 1. The fourth-order valence-electron chi connectivity index (χ4n) is 2.27. The standard InChI is InChI=1S/C18H30FN3O3S.HI/c1-5-20-18(21-9-6-10-25-14(2)3)22-12-16-11-17(19)8-7-15(16)13-26(4,23)24;/h7-8,11,14H,5-6,9-10,12-13H2,1-4H3,(H2,20,21,22);1H. The van der Waals surface area contributed by atoms with Crippen LogP contribution in [0.5, 0.6) is 0 Å². The van der Waals surface area contributed by atoms with E-state index in [4.69, 9.17) is 4.74 Å². The zero-order valence-electron chi connectivity index (χ0n) is 16.4. The Morgan fingerprint density at radius 2 is 1.96 bits per heavy atom. The first kappa shape index (κ1) is 26.1. The molecule has 0 aliphatic heterocycles. The number of aliphatic imine (C=N–C) groups is 1. The molecule has 27 heavy (non-hydrogen) atoms. The van der Waals surface area contributed by atoms with Crippen LogP contribution in [0.4, 0.5) is 4.39 Å². The Morgan fingerprint density at radius 3 is 2.56 bits per heavy atom. The maximum absolute atomic E-state index is 13.6. The van der Waals surface area contributed by atoms with Crippen LogP contribution in [-0.4, -0.2) is 46.4 Å². The smallest absolute Gasteiger partial charge is 0.191 e. The zero-order valence-corrected chi connectivity index (χ0v) is 19.6. The largest absolute Gasteiger partial charge is 0.379 e. The second-order valence-electron chi connectivity index (χ2n) is 6.38. The molecule has 9 heteroatoms. The summed E-state index contributed by atoms with van der Waals surface area (Å²) in [5, 5.41) is 6.31. The Bertz CT molecular complexity index is 697. The van der Waals surface area contributed by atoms with Crippen LogP contribution < -0.4 is 10.6 Å². The van der Waals surface area contributed by atoms with Crippen molar-refractivity contribution in [2.24, 2.45) is 4.99 Å². The molecule has 2 N–H and O–H groups in total. The number of ether oxygens (including phenoxy) is 1. The molecule has 0 aromatic heterocycles. The molecule has 0 amide bonds. The van der Waals surface area contributed by atoms with Crippen molar-refractivity contribution in [1.29, 1.82) is 0 Å². The van der Waals surface area contributed by atoms with Gasteiger partial charge in [-0.15, -0.1) is 24.0 Å². The summed E-state index contributed by atoms with van der Waals surface area (Å²) in [7, 11) is -3.20. The first-order valence-electron chi connectivity index (χ1n) is 8.80. The van der Waals surface area contributed by atoms with Crippen LogP contribution >= 0.6 is 24.0 Å². The third-order valence-electron chi connectivity index (χ3n) is 3.40. The van der Waals surface area contributed by atoms with Gasteiger partial charge in [0.1, 0.15) is 5.82 Å². The molecule has 1 rings (SSSR count). The van der Waals surface area contributed by atoms with E-state index in [1.165, 1.54) is 18.2 Å².